The van der Waals surface area contributed by atoms with Gasteiger partial charge in [-0.15, -0.1) is 0 Å². The Balaban J connectivity index is 4.13. The Morgan fingerprint density at radius 3 is 1.35 bits per heavy atom. The number of aliphatic carboxylic acids is 1. The molecule has 0 aliphatic carbocycles. The average Bonchev–Trinajstić information content (AvgIpc) is 3.04. The van der Waals surface area contributed by atoms with Crippen molar-refractivity contribution in [3.63, 3.8) is 0 Å². The lowest BCUT2D eigenvalue weighted by atomic mass is 10.0. The molecule has 0 rings (SSSR count). The minimum atomic E-state index is -0.705. The summed E-state index contributed by atoms with van der Waals surface area (Å²) in [7, 11) is 0. The van der Waals surface area contributed by atoms with Crippen molar-refractivity contribution in [2.24, 2.45) is 0 Å². The Bertz CT molecular complexity index is 738. The lowest BCUT2D eigenvalue weighted by molar-refractivity contribution is -0.150. The highest BCUT2D eigenvalue weighted by molar-refractivity contribution is 5.69. The maximum Gasteiger partial charge on any atom is 0.306 e. The van der Waals surface area contributed by atoms with Crippen molar-refractivity contribution in [1.82, 2.24) is 0 Å². The van der Waals surface area contributed by atoms with Gasteiger partial charge in [-0.05, 0) is 96.3 Å². The summed E-state index contributed by atoms with van der Waals surface area (Å²) >= 11 is 0. The minimum Gasteiger partial charge on any atom is -0.481 e. The first kappa shape index (κ1) is 44.2. The van der Waals surface area contributed by atoms with Gasteiger partial charge in [0.1, 0.15) is 6.10 Å². The van der Waals surface area contributed by atoms with E-state index in [0.29, 0.717) is 6.42 Å². The van der Waals surface area contributed by atoms with Crippen molar-refractivity contribution < 1.29 is 19.4 Å². The number of rotatable bonds is 36. The highest BCUT2D eigenvalue weighted by Crippen LogP contribution is 2.18. The van der Waals surface area contributed by atoms with E-state index in [1.165, 1.54) is 109 Å². The molecule has 0 heterocycles. The van der Waals surface area contributed by atoms with Crippen LogP contribution in [0.15, 0.2) is 36.5 Å². The van der Waals surface area contributed by atoms with Crippen LogP contribution in [0, 0.1) is 0 Å². The van der Waals surface area contributed by atoms with Crippen LogP contribution in [0.4, 0.5) is 0 Å². The molecule has 0 aliphatic rings. The van der Waals surface area contributed by atoms with Crippen LogP contribution in [0.2, 0.25) is 0 Å². The van der Waals surface area contributed by atoms with E-state index in [2.05, 4.69) is 50.3 Å². The van der Waals surface area contributed by atoms with E-state index < -0.39 is 5.97 Å². The predicted octanol–water partition coefficient (Wildman–Crippen LogP) is 13.8. The summed E-state index contributed by atoms with van der Waals surface area (Å²) in [6.07, 6.45) is 48.7. The fourth-order valence-corrected chi connectivity index (χ4v) is 5.86. The third kappa shape index (κ3) is 36.6. The van der Waals surface area contributed by atoms with Gasteiger partial charge < -0.3 is 9.84 Å². The van der Waals surface area contributed by atoms with E-state index in [4.69, 9.17) is 9.84 Å². The molecule has 1 N–H and O–H groups in total. The molecule has 268 valence electrons. The number of carboxylic acid groups (broad SMARTS) is 1. The molecular weight excluding hydrogens is 568 g/mol. The molecule has 1 atom stereocenters. The Morgan fingerprint density at radius 1 is 0.478 bits per heavy atom. The van der Waals surface area contributed by atoms with Gasteiger partial charge in [0.2, 0.25) is 0 Å². The Kier molecular flexibility index (Phi) is 36.1. The minimum absolute atomic E-state index is 0.0191. The van der Waals surface area contributed by atoms with Gasteiger partial charge in [-0.2, -0.15) is 0 Å². The molecule has 4 nitrogen and oxygen atoms in total. The summed E-state index contributed by atoms with van der Waals surface area (Å²) < 4.78 is 5.99. The summed E-state index contributed by atoms with van der Waals surface area (Å²) in [6, 6.07) is 0. The number of esters is 1. The number of carbonyl (C=O) groups excluding carboxylic acids is 1. The molecule has 1 unspecified atom stereocenters. The Hall–Kier alpha value is -1.84. The van der Waals surface area contributed by atoms with Gasteiger partial charge in [-0.25, -0.2) is 0 Å². The fraction of sp³-hybridized carbons (Fsp3) is 0.810. The molecule has 0 bridgehead atoms. The molecule has 0 aromatic rings. The van der Waals surface area contributed by atoms with Gasteiger partial charge in [0.15, 0.2) is 0 Å². The van der Waals surface area contributed by atoms with Crippen LogP contribution in [-0.2, 0) is 14.3 Å². The Morgan fingerprint density at radius 2 is 0.848 bits per heavy atom. The number of hydrogen-bond acceptors (Lipinski definition) is 3. The fourth-order valence-electron chi connectivity index (χ4n) is 5.86. The second-order valence-electron chi connectivity index (χ2n) is 13.5. The molecular formula is C42H76O4. The first-order valence-electron chi connectivity index (χ1n) is 20.0. The van der Waals surface area contributed by atoms with Gasteiger partial charge in [0.05, 0.1) is 0 Å². The molecule has 0 aromatic heterocycles. The lowest BCUT2D eigenvalue weighted by Crippen LogP contribution is -2.18. The largest absolute Gasteiger partial charge is 0.481 e. The summed E-state index contributed by atoms with van der Waals surface area (Å²) in [5.74, 6) is -0.724. The zero-order valence-corrected chi connectivity index (χ0v) is 30.6. The quantitative estimate of drug-likeness (QED) is 0.0419. The second kappa shape index (κ2) is 37.6. The predicted molar refractivity (Wildman–Crippen MR) is 199 cm³/mol. The normalized spacial score (nSPS) is 12.6. The van der Waals surface area contributed by atoms with Crippen LogP contribution >= 0.6 is 0 Å². The van der Waals surface area contributed by atoms with Gasteiger partial charge in [0.25, 0.3) is 0 Å². The van der Waals surface area contributed by atoms with Gasteiger partial charge in [-0.3, -0.25) is 9.59 Å². The third-order valence-corrected chi connectivity index (χ3v) is 8.83. The van der Waals surface area contributed by atoms with E-state index in [1.54, 1.807) is 0 Å². The van der Waals surface area contributed by atoms with Crippen molar-refractivity contribution in [3.8, 4) is 0 Å². The zero-order valence-electron chi connectivity index (χ0n) is 30.6. The van der Waals surface area contributed by atoms with Crippen molar-refractivity contribution in [3.05, 3.63) is 36.5 Å². The number of ether oxygens (including phenoxy) is 1. The SMILES string of the molecule is CCCCCC/C=C\CCCCCCCC(=O)OC(CCCCC/C=C\C/C=C\CCCCCCC)CCCCCCCC(=O)O. The van der Waals surface area contributed by atoms with Crippen molar-refractivity contribution in [1.29, 1.82) is 0 Å². The molecule has 4 heteroatoms. The third-order valence-electron chi connectivity index (χ3n) is 8.83. The maximum atomic E-state index is 12.7. The molecule has 0 aliphatic heterocycles. The standard InChI is InChI=1S/C42H76O4/c1-3-5-7-9-11-13-15-17-18-20-21-23-25-28-32-36-40(37-33-29-27-30-34-38-41(43)44)46-42(45)39-35-31-26-24-22-19-16-14-12-10-8-6-4-2/h14-17,20-21,40H,3-13,18-19,22-39H2,1-2H3,(H,43,44)/b16-14-,17-15-,21-20-. The lowest BCUT2D eigenvalue weighted by Gasteiger charge is -2.18. The summed E-state index contributed by atoms with van der Waals surface area (Å²) in [4.78, 5) is 23.4. The summed E-state index contributed by atoms with van der Waals surface area (Å²) in [5, 5.41) is 8.82. The van der Waals surface area contributed by atoms with Crippen LogP contribution in [0.25, 0.3) is 0 Å². The van der Waals surface area contributed by atoms with Crippen LogP contribution < -0.4 is 0 Å². The van der Waals surface area contributed by atoms with E-state index in [0.717, 1.165) is 77.0 Å². The molecule has 0 amide bonds. The van der Waals surface area contributed by atoms with Gasteiger partial charge in [0, 0.05) is 12.8 Å². The molecule has 0 aromatic carbocycles. The smallest absolute Gasteiger partial charge is 0.306 e. The maximum absolute atomic E-state index is 12.7. The van der Waals surface area contributed by atoms with Crippen molar-refractivity contribution in [2.75, 3.05) is 0 Å². The van der Waals surface area contributed by atoms with E-state index in [9.17, 15) is 9.59 Å². The number of carbonyl (C=O) groups is 2. The molecule has 0 fully saturated rings. The summed E-state index contributed by atoms with van der Waals surface area (Å²) in [5.41, 5.74) is 0. The van der Waals surface area contributed by atoms with E-state index in [1.807, 2.05) is 0 Å². The Labute approximate surface area is 286 Å². The van der Waals surface area contributed by atoms with E-state index >= 15 is 0 Å². The molecule has 0 radical (unpaired) electrons. The number of allylic oxidation sites excluding steroid dienone is 6. The molecule has 0 saturated carbocycles. The van der Waals surface area contributed by atoms with Crippen molar-refractivity contribution in [2.45, 2.75) is 219 Å². The van der Waals surface area contributed by atoms with Crippen molar-refractivity contribution >= 4 is 11.9 Å². The van der Waals surface area contributed by atoms with Crippen LogP contribution in [0.5, 0.6) is 0 Å². The zero-order chi connectivity index (χ0) is 33.6. The number of unbranched alkanes of at least 4 members (excludes halogenated alkanes) is 21. The van der Waals surface area contributed by atoms with E-state index in [-0.39, 0.29) is 18.5 Å². The van der Waals surface area contributed by atoms with Gasteiger partial charge >= 0.3 is 11.9 Å². The van der Waals surface area contributed by atoms with Crippen LogP contribution in [-0.4, -0.2) is 23.1 Å². The average molecular weight is 645 g/mol. The first-order chi connectivity index (χ1) is 22.6. The monoisotopic (exact) mass is 645 g/mol. The highest BCUT2D eigenvalue weighted by atomic mass is 16.5. The highest BCUT2D eigenvalue weighted by Gasteiger charge is 2.14. The van der Waals surface area contributed by atoms with Gasteiger partial charge in [-0.1, -0.05) is 140 Å². The topological polar surface area (TPSA) is 63.6 Å². The summed E-state index contributed by atoms with van der Waals surface area (Å²) in [6.45, 7) is 4.52. The second-order valence-corrected chi connectivity index (χ2v) is 13.5. The molecule has 46 heavy (non-hydrogen) atoms. The molecule has 0 spiro atoms. The van der Waals surface area contributed by atoms with Crippen LogP contribution in [0.1, 0.15) is 213 Å². The number of carboxylic acids is 1. The first-order valence-corrected chi connectivity index (χ1v) is 20.0. The van der Waals surface area contributed by atoms with Crippen LogP contribution in [0.3, 0.4) is 0 Å². The molecule has 0 saturated heterocycles. The number of hydrogen-bond donors (Lipinski definition) is 1.